The highest BCUT2D eigenvalue weighted by Gasteiger charge is 2.59. The predicted octanol–water partition coefficient (Wildman–Crippen LogP) is -1.84. The summed E-state index contributed by atoms with van der Waals surface area (Å²) >= 11 is 0. The van der Waals surface area contributed by atoms with Crippen LogP contribution in [0.1, 0.15) is 13.3 Å². The van der Waals surface area contributed by atoms with Crippen molar-refractivity contribution in [3.8, 4) is 0 Å². The van der Waals surface area contributed by atoms with Crippen molar-refractivity contribution in [1.29, 1.82) is 0 Å². The van der Waals surface area contributed by atoms with Crippen molar-refractivity contribution >= 4 is 0 Å². The molecule has 1 fully saturated rings. The summed E-state index contributed by atoms with van der Waals surface area (Å²) in [6, 6.07) is 0. The van der Waals surface area contributed by atoms with Gasteiger partial charge in [-0.25, -0.2) is 0 Å². The lowest BCUT2D eigenvalue weighted by atomic mass is 10.0. The van der Waals surface area contributed by atoms with E-state index in [9.17, 15) is 5.11 Å². The second-order valence-corrected chi connectivity index (χ2v) is 2.69. The predicted molar refractivity (Wildman–Crippen MR) is 34.4 cm³/mol. The molecule has 1 aliphatic heterocycles. The molecule has 0 aliphatic carbocycles. The van der Waals surface area contributed by atoms with E-state index in [0.717, 1.165) is 0 Å². The van der Waals surface area contributed by atoms with Crippen LogP contribution in [-0.2, 0) is 4.74 Å². The lowest BCUT2D eigenvalue weighted by molar-refractivity contribution is -0.344. The first-order chi connectivity index (χ1) is 4.94. The lowest BCUT2D eigenvalue weighted by Crippen LogP contribution is -2.55. The smallest absolute Gasteiger partial charge is 0.247 e. The third-order valence-corrected chi connectivity index (χ3v) is 2.00. The van der Waals surface area contributed by atoms with E-state index in [1.54, 1.807) is 0 Å². The van der Waals surface area contributed by atoms with Crippen LogP contribution in [0.2, 0.25) is 0 Å². The minimum Gasteiger partial charge on any atom is -0.385 e. The van der Waals surface area contributed by atoms with Crippen LogP contribution in [-0.4, -0.2) is 44.7 Å². The van der Waals surface area contributed by atoms with E-state index < -0.39 is 17.7 Å². The average Bonchev–Trinajstić information content (AvgIpc) is 2.15. The van der Waals surface area contributed by atoms with Gasteiger partial charge in [-0.2, -0.15) is 0 Å². The molecule has 0 aromatic heterocycles. The highest BCUT2D eigenvalue weighted by atomic mass is 16.7. The molecule has 4 N–H and O–H groups in total. The van der Waals surface area contributed by atoms with E-state index in [1.807, 2.05) is 0 Å². The van der Waals surface area contributed by atoms with E-state index in [-0.39, 0.29) is 13.0 Å². The molecule has 1 aliphatic rings. The monoisotopic (exact) mass is 164 g/mol. The summed E-state index contributed by atoms with van der Waals surface area (Å²) in [5.74, 6) is -4.59. The summed E-state index contributed by atoms with van der Waals surface area (Å²) in [4.78, 5) is 0. The SMILES string of the molecule is CCC1(O)OCC(O)C1(O)O. The highest BCUT2D eigenvalue weighted by molar-refractivity contribution is 4.94. The minimum atomic E-state index is -2.55. The normalized spacial score (nSPS) is 42.8. The molecule has 1 heterocycles. The average molecular weight is 164 g/mol. The standard InChI is InChI=1S/C6H12O5/c1-2-5(8)6(9,10)4(7)3-11-5/h4,7-10H,2-3H2,1H3. The zero-order chi connectivity index (χ0) is 8.70. The minimum absolute atomic E-state index is 0.0110. The van der Waals surface area contributed by atoms with Crippen molar-refractivity contribution < 1.29 is 25.2 Å². The third kappa shape index (κ3) is 1.05. The first kappa shape index (κ1) is 8.89. The van der Waals surface area contributed by atoms with E-state index in [2.05, 4.69) is 4.74 Å². The van der Waals surface area contributed by atoms with E-state index >= 15 is 0 Å². The molecular formula is C6H12O5. The van der Waals surface area contributed by atoms with Gasteiger partial charge in [0.05, 0.1) is 6.61 Å². The molecule has 0 aromatic rings. The van der Waals surface area contributed by atoms with Crippen molar-refractivity contribution in [2.75, 3.05) is 6.61 Å². The molecule has 0 bridgehead atoms. The van der Waals surface area contributed by atoms with Gasteiger partial charge in [-0.15, -0.1) is 0 Å². The third-order valence-electron chi connectivity index (χ3n) is 2.00. The Morgan fingerprint density at radius 3 is 2.18 bits per heavy atom. The molecule has 11 heavy (non-hydrogen) atoms. The van der Waals surface area contributed by atoms with Crippen molar-refractivity contribution in [3.05, 3.63) is 0 Å². The molecule has 0 aromatic carbocycles. The van der Waals surface area contributed by atoms with Crippen LogP contribution in [0.5, 0.6) is 0 Å². The first-order valence-electron chi connectivity index (χ1n) is 3.43. The van der Waals surface area contributed by atoms with Crippen LogP contribution in [0.15, 0.2) is 0 Å². The summed E-state index contributed by atoms with van der Waals surface area (Å²) in [6.45, 7) is 1.26. The van der Waals surface area contributed by atoms with Gasteiger partial charge in [0, 0.05) is 6.42 Å². The van der Waals surface area contributed by atoms with Gasteiger partial charge in [-0.3, -0.25) is 0 Å². The van der Waals surface area contributed by atoms with Gasteiger partial charge < -0.3 is 25.2 Å². The van der Waals surface area contributed by atoms with E-state index in [0.29, 0.717) is 0 Å². The molecule has 0 radical (unpaired) electrons. The second-order valence-electron chi connectivity index (χ2n) is 2.69. The Labute approximate surface area is 63.8 Å². The Hall–Kier alpha value is -0.200. The molecule has 5 heteroatoms. The molecule has 0 saturated carbocycles. The van der Waals surface area contributed by atoms with Crippen LogP contribution in [0.3, 0.4) is 0 Å². The summed E-state index contributed by atoms with van der Waals surface area (Å²) in [6.07, 6.45) is -1.44. The fourth-order valence-corrected chi connectivity index (χ4v) is 1.06. The van der Waals surface area contributed by atoms with Gasteiger partial charge in [0.1, 0.15) is 6.10 Å². The van der Waals surface area contributed by atoms with Gasteiger partial charge in [0.15, 0.2) is 0 Å². The van der Waals surface area contributed by atoms with Crippen molar-refractivity contribution in [2.45, 2.75) is 31.0 Å². The fraction of sp³-hybridized carbons (Fsp3) is 1.00. The number of ether oxygens (including phenoxy) is 1. The molecule has 0 amide bonds. The molecule has 2 atom stereocenters. The van der Waals surface area contributed by atoms with E-state index in [4.69, 9.17) is 15.3 Å². The summed E-state index contributed by atoms with van der Waals surface area (Å²) in [7, 11) is 0. The lowest BCUT2D eigenvalue weighted by Gasteiger charge is -2.31. The molecule has 66 valence electrons. The molecular weight excluding hydrogens is 152 g/mol. The number of hydrogen-bond donors (Lipinski definition) is 4. The number of aliphatic hydroxyl groups is 4. The van der Waals surface area contributed by atoms with Gasteiger partial charge in [0.25, 0.3) is 0 Å². The van der Waals surface area contributed by atoms with Crippen LogP contribution in [0.4, 0.5) is 0 Å². The number of hydrogen-bond acceptors (Lipinski definition) is 5. The number of aliphatic hydroxyl groups excluding tert-OH is 1. The maximum Gasteiger partial charge on any atom is 0.247 e. The summed E-state index contributed by atoms with van der Waals surface area (Å²) in [5.41, 5.74) is 0. The maximum atomic E-state index is 9.32. The molecule has 1 saturated heterocycles. The number of rotatable bonds is 1. The molecule has 5 nitrogen and oxygen atoms in total. The second kappa shape index (κ2) is 2.40. The largest absolute Gasteiger partial charge is 0.385 e. The Balaban J connectivity index is 2.86. The van der Waals surface area contributed by atoms with Gasteiger partial charge >= 0.3 is 0 Å². The van der Waals surface area contributed by atoms with Crippen molar-refractivity contribution in [1.82, 2.24) is 0 Å². The zero-order valence-electron chi connectivity index (χ0n) is 6.19. The van der Waals surface area contributed by atoms with Crippen molar-refractivity contribution in [2.24, 2.45) is 0 Å². The highest BCUT2D eigenvalue weighted by Crippen LogP contribution is 2.34. The van der Waals surface area contributed by atoms with Gasteiger partial charge in [-0.1, -0.05) is 6.92 Å². The quantitative estimate of drug-likeness (QED) is 0.342. The van der Waals surface area contributed by atoms with Crippen molar-refractivity contribution in [3.63, 3.8) is 0 Å². The maximum absolute atomic E-state index is 9.32. The summed E-state index contributed by atoms with van der Waals surface area (Å²) < 4.78 is 4.62. The van der Waals surface area contributed by atoms with Gasteiger partial charge in [0.2, 0.25) is 11.6 Å². The van der Waals surface area contributed by atoms with Crippen LogP contribution in [0.25, 0.3) is 0 Å². The van der Waals surface area contributed by atoms with Crippen LogP contribution >= 0.6 is 0 Å². The van der Waals surface area contributed by atoms with Gasteiger partial charge in [-0.05, 0) is 0 Å². The Kier molecular flexibility index (Phi) is 1.94. The Morgan fingerprint density at radius 2 is 2.00 bits per heavy atom. The Morgan fingerprint density at radius 1 is 1.45 bits per heavy atom. The van der Waals surface area contributed by atoms with Crippen LogP contribution in [0, 0.1) is 0 Å². The van der Waals surface area contributed by atoms with Crippen LogP contribution < -0.4 is 0 Å². The molecule has 0 spiro atoms. The summed E-state index contributed by atoms with van der Waals surface area (Å²) in [5, 5.41) is 36.5. The zero-order valence-corrected chi connectivity index (χ0v) is 6.19. The fourth-order valence-electron chi connectivity index (χ4n) is 1.06. The Bertz CT molecular complexity index is 154. The van der Waals surface area contributed by atoms with E-state index in [1.165, 1.54) is 6.92 Å². The molecule has 1 rings (SSSR count). The molecule has 2 unspecified atom stereocenters. The topological polar surface area (TPSA) is 90.2 Å². The first-order valence-corrected chi connectivity index (χ1v) is 3.43.